The molecular formula is C15H17FN2O3. The van der Waals surface area contributed by atoms with E-state index in [2.05, 4.69) is 10.6 Å². The smallest absolute Gasteiger partial charge is 0.319 e. The first-order valence-corrected chi connectivity index (χ1v) is 6.65. The van der Waals surface area contributed by atoms with Gasteiger partial charge in [0.25, 0.3) is 0 Å². The number of urea groups is 1. The average molecular weight is 292 g/mol. The molecule has 0 unspecified atom stereocenters. The van der Waals surface area contributed by atoms with Crippen molar-refractivity contribution in [1.29, 1.82) is 0 Å². The van der Waals surface area contributed by atoms with E-state index in [-0.39, 0.29) is 5.69 Å². The number of ether oxygens (including phenoxy) is 1. The summed E-state index contributed by atoms with van der Waals surface area (Å²) in [4.78, 5) is 11.5. The van der Waals surface area contributed by atoms with Gasteiger partial charge in [-0.15, -0.1) is 0 Å². The molecule has 0 radical (unpaired) electrons. The Morgan fingerprint density at radius 2 is 2.10 bits per heavy atom. The quantitative estimate of drug-likeness (QED) is 0.771. The van der Waals surface area contributed by atoms with Crippen LogP contribution in [0, 0.1) is 5.82 Å². The van der Waals surface area contributed by atoms with Gasteiger partial charge in [0, 0.05) is 13.2 Å². The Bertz CT molecular complexity index is 558. The summed E-state index contributed by atoms with van der Waals surface area (Å²) < 4.78 is 23.8. The number of hydrogen-bond donors (Lipinski definition) is 2. The van der Waals surface area contributed by atoms with Crippen LogP contribution < -0.4 is 10.6 Å². The number of carbonyl (C=O) groups is 1. The van der Waals surface area contributed by atoms with E-state index in [1.54, 1.807) is 24.5 Å². The molecule has 2 amide bonds. The van der Waals surface area contributed by atoms with Gasteiger partial charge in [0.2, 0.25) is 0 Å². The second-order valence-corrected chi connectivity index (χ2v) is 4.35. The number of nitrogens with one attached hydrogen (secondary N) is 2. The summed E-state index contributed by atoms with van der Waals surface area (Å²) in [6.07, 6.45) is 2.25. The molecule has 0 fully saturated rings. The molecule has 0 aliphatic heterocycles. The molecule has 0 aliphatic rings. The minimum Gasteiger partial charge on any atom is -0.467 e. The highest BCUT2D eigenvalue weighted by Crippen LogP contribution is 2.11. The van der Waals surface area contributed by atoms with E-state index < -0.39 is 11.8 Å². The number of benzene rings is 1. The van der Waals surface area contributed by atoms with Crippen molar-refractivity contribution < 1.29 is 18.3 Å². The van der Waals surface area contributed by atoms with Crippen LogP contribution in [0.5, 0.6) is 0 Å². The van der Waals surface area contributed by atoms with E-state index in [9.17, 15) is 9.18 Å². The van der Waals surface area contributed by atoms with Gasteiger partial charge in [0.1, 0.15) is 18.2 Å². The standard InChI is InChI=1S/C15H17FN2O3/c16-13-6-1-2-7-14(13)18-15(19)17-8-4-9-20-11-12-5-3-10-21-12/h1-3,5-7,10H,4,8-9,11H2,(H2,17,18,19). The fraction of sp³-hybridized carbons (Fsp3) is 0.267. The summed E-state index contributed by atoms with van der Waals surface area (Å²) in [7, 11) is 0. The number of carbonyl (C=O) groups excluding carboxylic acids is 1. The minimum atomic E-state index is -0.463. The maximum atomic E-state index is 13.3. The number of hydrogen-bond acceptors (Lipinski definition) is 3. The van der Waals surface area contributed by atoms with E-state index in [4.69, 9.17) is 9.15 Å². The third-order valence-corrected chi connectivity index (χ3v) is 2.70. The summed E-state index contributed by atoms with van der Waals surface area (Å²) in [5.41, 5.74) is 0.157. The predicted molar refractivity (Wildman–Crippen MR) is 76.4 cm³/mol. The predicted octanol–water partition coefficient (Wildman–Crippen LogP) is 3.15. The molecule has 1 heterocycles. The molecule has 1 aromatic carbocycles. The van der Waals surface area contributed by atoms with Crippen molar-refractivity contribution >= 4 is 11.7 Å². The molecule has 2 N–H and O–H groups in total. The number of halogens is 1. The highest BCUT2D eigenvalue weighted by molar-refractivity contribution is 5.89. The van der Waals surface area contributed by atoms with Gasteiger partial charge in [-0.25, -0.2) is 9.18 Å². The van der Waals surface area contributed by atoms with Crippen LogP contribution in [0.25, 0.3) is 0 Å². The zero-order valence-corrected chi connectivity index (χ0v) is 11.5. The number of rotatable bonds is 7. The highest BCUT2D eigenvalue weighted by atomic mass is 19.1. The Morgan fingerprint density at radius 1 is 1.24 bits per heavy atom. The third kappa shape index (κ3) is 5.27. The van der Waals surface area contributed by atoms with Crippen molar-refractivity contribution in [3.63, 3.8) is 0 Å². The van der Waals surface area contributed by atoms with Crippen LogP contribution in [0.4, 0.5) is 14.9 Å². The van der Waals surface area contributed by atoms with E-state index >= 15 is 0 Å². The number of anilines is 1. The van der Waals surface area contributed by atoms with Gasteiger partial charge in [-0.1, -0.05) is 12.1 Å². The molecule has 0 saturated heterocycles. The minimum absolute atomic E-state index is 0.157. The van der Waals surface area contributed by atoms with E-state index in [1.165, 1.54) is 12.1 Å². The monoisotopic (exact) mass is 292 g/mol. The molecule has 5 nitrogen and oxygen atoms in total. The number of amides is 2. The van der Waals surface area contributed by atoms with Crippen LogP contribution in [0.1, 0.15) is 12.2 Å². The first-order valence-electron chi connectivity index (χ1n) is 6.65. The molecule has 2 aromatic rings. The zero-order chi connectivity index (χ0) is 14.9. The molecule has 0 bridgehead atoms. The third-order valence-electron chi connectivity index (χ3n) is 2.70. The van der Waals surface area contributed by atoms with Crippen molar-refractivity contribution in [2.24, 2.45) is 0 Å². The zero-order valence-electron chi connectivity index (χ0n) is 11.5. The van der Waals surface area contributed by atoms with Gasteiger partial charge in [-0.2, -0.15) is 0 Å². The molecule has 1 aromatic heterocycles. The molecule has 0 saturated carbocycles. The van der Waals surface area contributed by atoms with Crippen molar-refractivity contribution in [2.45, 2.75) is 13.0 Å². The highest BCUT2D eigenvalue weighted by Gasteiger charge is 2.04. The lowest BCUT2D eigenvalue weighted by molar-refractivity contribution is 0.104. The van der Waals surface area contributed by atoms with E-state index in [0.29, 0.717) is 26.2 Å². The second-order valence-electron chi connectivity index (χ2n) is 4.35. The molecule has 2 rings (SSSR count). The fourth-order valence-electron chi connectivity index (χ4n) is 1.67. The van der Waals surface area contributed by atoms with Crippen LogP contribution in [0.15, 0.2) is 47.1 Å². The van der Waals surface area contributed by atoms with Crippen molar-refractivity contribution in [2.75, 3.05) is 18.5 Å². The van der Waals surface area contributed by atoms with Crippen molar-refractivity contribution in [1.82, 2.24) is 5.32 Å². The van der Waals surface area contributed by atoms with Gasteiger partial charge < -0.3 is 19.8 Å². The SMILES string of the molecule is O=C(NCCCOCc1ccco1)Nc1ccccc1F. The molecule has 0 atom stereocenters. The molecule has 0 aliphatic carbocycles. The molecule has 21 heavy (non-hydrogen) atoms. The summed E-state index contributed by atoms with van der Waals surface area (Å²) in [6.45, 7) is 1.35. The lowest BCUT2D eigenvalue weighted by Crippen LogP contribution is -2.30. The Morgan fingerprint density at radius 3 is 2.86 bits per heavy atom. The number of furan rings is 1. The average Bonchev–Trinajstić information content (AvgIpc) is 2.98. The molecular weight excluding hydrogens is 275 g/mol. The fourth-order valence-corrected chi connectivity index (χ4v) is 1.67. The lowest BCUT2D eigenvalue weighted by atomic mass is 10.3. The lowest BCUT2D eigenvalue weighted by Gasteiger charge is -2.08. The second kappa shape index (κ2) is 8.06. The maximum absolute atomic E-state index is 13.3. The maximum Gasteiger partial charge on any atom is 0.319 e. The Hall–Kier alpha value is -2.34. The number of para-hydroxylation sites is 1. The first-order chi connectivity index (χ1) is 10.3. The Kier molecular flexibility index (Phi) is 5.78. The Balaban J connectivity index is 1.56. The van der Waals surface area contributed by atoms with E-state index in [1.807, 2.05) is 6.07 Å². The first kappa shape index (κ1) is 15.1. The van der Waals surface area contributed by atoms with Gasteiger partial charge >= 0.3 is 6.03 Å². The normalized spacial score (nSPS) is 10.3. The Labute approximate surface area is 122 Å². The summed E-state index contributed by atoms with van der Waals surface area (Å²) >= 11 is 0. The largest absolute Gasteiger partial charge is 0.467 e. The van der Waals surface area contributed by atoms with Crippen LogP contribution in [0.2, 0.25) is 0 Å². The summed E-state index contributed by atoms with van der Waals surface area (Å²) in [6, 6.07) is 9.20. The van der Waals surface area contributed by atoms with Crippen molar-refractivity contribution in [3.8, 4) is 0 Å². The summed E-state index contributed by atoms with van der Waals surface area (Å²) in [5.74, 6) is 0.301. The van der Waals surface area contributed by atoms with Gasteiger partial charge in [-0.05, 0) is 30.7 Å². The summed E-state index contributed by atoms with van der Waals surface area (Å²) in [5, 5.41) is 5.07. The van der Waals surface area contributed by atoms with Crippen LogP contribution in [-0.2, 0) is 11.3 Å². The van der Waals surface area contributed by atoms with E-state index in [0.717, 1.165) is 5.76 Å². The van der Waals surface area contributed by atoms with Gasteiger partial charge in [0.15, 0.2) is 0 Å². The van der Waals surface area contributed by atoms with Crippen LogP contribution in [0.3, 0.4) is 0 Å². The molecule has 112 valence electrons. The van der Waals surface area contributed by atoms with Crippen molar-refractivity contribution in [3.05, 3.63) is 54.2 Å². The molecule has 6 heteroatoms. The molecule has 0 spiro atoms. The van der Waals surface area contributed by atoms with Gasteiger partial charge in [0.05, 0.1) is 12.0 Å². The van der Waals surface area contributed by atoms with Crippen LogP contribution >= 0.6 is 0 Å². The van der Waals surface area contributed by atoms with Crippen LogP contribution in [-0.4, -0.2) is 19.2 Å². The topological polar surface area (TPSA) is 63.5 Å². The van der Waals surface area contributed by atoms with Gasteiger partial charge in [-0.3, -0.25) is 0 Å².